The first-order chi connectivity index (χ1) is 8.87. The van der Waals surface area contributed by atoms with Gasteiger partial charge in [-0.1, -0.05) is 22.9 Å². The van der Waals surface area contributed by atoms with Gasteiger partial charge in [0.05, 0.1) is 0 Å². The number of hydrogen-bond acceptors (Lipinski definition) is 2. The highest BCUT2D eigenvalue weighted by atomic mass is 79.9. The van der Waals surface area contributed by atoms with E-state index in [1.54, 1.807) is 11.8 Å². The Balaban J connectivity index is 2.40. The fraction of sp³-hybridized carbons (Fsp3) is 0.429. The predicted octanol–water partition coefficient (Wildman–Crippen LogP) is 2.39. The Morgan fingerprint density at radius 1 is 1.42 bits per heavy atom. The number of nitrogens with one attached hydrogen (secondary N) is 1. The van der Waals surface area contributed by atoms with Crippen LogP contribution in [0.3, 0.4) is 0 Å². The Morgan fingerprint density at radius 2 is 2.11 bits per heavy atom. The minimum Gasteiger partial charge on any atom is -0.340 e. The third-order valence-corrected chi connectivity index (χ3v) is 4.48. The summed E-state index contributed by atoms with van der Waals surface area (Å²) in [6.07, 6.45) is 0.573. The molecule has 1 saturated heterocycles. The molecule has 4 nitrogen and oxygen atoms in total. The third-order valence-electron chi connectivity index (χ3n) is 3.59. The van der Waals surface area contributed by atoms with Gasteiger partial charge in [0.2, 0.25) is 5.91 Å². The maximum Gasteiger partial charge on any atom is 0.252 e. The van der Waals surface area contributed by atoms with Gasteiger partial charge in [-0.15, -0.1) is 0 Å². The lowest BCUT2D eigenvalue weighted by atomic mass is 9.94. The molecule has 1 aliphatic heterocycles. The van der Waals surface area contributed by atoms with E-state index in [-0.39, 0.29) is 18.4 Å². The number of carbonyl (C=O) groups is 2. The zero-order chi connectivity index (χ0) is 14.2. The SMILES string of the molecule is CCC1(C)NC(=O)CN(c2ccc(Br)c(C)c2)C1=O. The van der Waals surface area contributed by atoms with Crippen molar-refractivity contribution in [2.75, 3.05) is 11.4 Å². The van der Waals surface area contributed by atoms with Crippen LogP contribution in [0.25, 0.3) is 0 Å². The second kappa shape index (κ2) is 4.96. The van der Waals surface area contributed by atoms with Crippen LogP contribution in [0.5, 0.6) is 0 Å². The highest BCUT2D eigenvalue weighted by Crippen LogP contribution is 2.27. The fourth-order valence-corrected chi connectivity index (χ4v) is 2.41. The van der Waals surface area contributed by atoms with Crippen molar-refractivity contribution in [2.45, 2.75) is 32.7 Å². The standard InChI is InChI=1S/C14H17BrN2O2/c1-4-14(3)13(19)17(8-12(18)16-14)10-5-6-11(15)9(2)7-10/h5-7H,4,8H2,1-3H3,(H,16,18). The first kappa shape index (κ1) is 14.1. The van der Waals surface area contributed by atoms with Crippen LogP contribution in [0.2, 0.25) is 0 Å². The Kier molecular flexibility index (Phi) is 3.67. The molecule has 0 spiro atoms. The van der Waals surface area contributed by atoms with Crippen molar-refractivity contribution in [2.24, 2.45) is 0 Å². The molecule has 0 aromatic heterocycles. The van der Waals surface area contributed by atoms with Gasteiger partial charge in [0, 0.05) is 10.2 Å². The largest absolute Gasteiger partial charge is 0.340 e. The van der Waals surface area contributed by atoms with Crippen LogP contribution in [0.4, 0.5) is 5.69 Å². The van der Waals surface area contributed by atoms with Crippen LogP contribution < -0.4 is 10.2 Å². The smallest absolute Gasteiger partial charge is 0.252 e. The molecule has 0 aliphatic carbocycles. The average Bonchev–Trinajstić information content (AvgIpc) is 2.37. The molecule has 2 amide bonds. The van der Waals surface area contributed by atoms with Crippen LogP contribution in [0, 0.1) is 6.92 Å². The van der Waals surface area contributed by atoms with E-state index in [1.165, 1.54) is 0 Å². The topological polar surface area (TPSA) is 49.4 Å². The molecule has 1 aliphatic rings. The number of anilines is 1. The molecule has 1 unspecified atom stereocenters. The average molecular weight is 325 g/mol. The summed E-state index contributed by atoms with van der Waals surface area (Å²) in [4.78, 5) is 25.9. The summed E-state index contributed by atoms with van der Waals surface area (Å²) >= 11 is 3.43. The summed E-state index contributed by atoms with van der Waals surface area (Å²) < 4.78 is 0.989. The van der Waals surface area contributed by atoms with Crippen molar-refractivity contribution >= 4 is 33.4 Å². The molecule has 1 aromatic carbocycles. The van der Waals surface area contributed by atoms with Gasteiger partial charge < -0.3 is 10.2 Å². The van der Waals surface area contributed by atoms with E-state index in [4.69, 9.17) is 0 Å². The minimum absolute atomic E-state index is 0.0590. The van der Waals surface area contributed by atoms with E-state index in [9.17, 15) is 9.59 Å². The van der Waals surface area contributed by atoms with Crippen LogP contribution >= 0.6 is 15.9 Å². The first-order valence-corrected chi connectivity index (χ1v) is 7.06. The maximum absolute atomic E-state index is 12.5. The lowest BCUT2D eigenvalue weighted by molar-refractivity contribution is -0.135. The van der Waals surface area contributed by atoms with Crippen molar-refractivity contribution in [3.63, 3.8) is 0 Å². The molecule has 5 heteroatoms. The summed E-state index contributed by atoms with van der Waals surface area (Å²) in [5.41, 5.74) is 0.991. The van der Waals surface area contributed by atoms with Crippen molar-refractivity contribution in [1.82, 2.24) is 5.32 Å². The molecular weight excluding hydrogens is 308 g/mol. The number of hydrogen-bond donors (Lipinski definition) is 1. The molecule has 0 bridgehead atoms. The van der Waals surface area contributed by atoms with Crippen molar-refractivity contribution in [3.05, 3.63) is 28.2 Å². The Labute approximate surface area is 121 Å². The predicted molar refractivity (Wildman–Crippen MR) is 78.1 cm³/mol. The molecule has 0 radical (unpaired) electrons. The quantitative estimate of drug-likeness (QED) is 0.908. The molecule has 1 heterocycles. The van der Waals surface area contributed by atoms with Crippen LogP contribution in [-0.4, -0.2) is 23.9 Å². The Hall–Kier alpha value is -1.36. The second-order valence-electron chi connectivity index (χ2n) is 5.06. The van der Waals surface area contributed by atoms with Gasteiger partial charge in [0.1, 0.15) is 12.1 Å². The normalized spacial score (nSPS) is 23.5. The summed E-state index contributed by atoms with van der Waals surface area (Å²) in [6, 6.07) is 5.66. The maximum atomic E-state index is 12.5. The van der Waals surface area contributed by atoms with Gasteiger partial charge in [-0.3, -0.25) is 9.59 Å². The van der Waals surface area contributed by atoms with E-state index in [2.05, 4.69) is 21.2 Å². The van der Waals surface area contributed by atoms with E-state index >= 15 is 0 Å². The zero-order valence-electron chi connectivity index (χ0n) is 11.3. The molecule has 2 rings (SSSR count). The number of halogens is 1. The number of benzene rings is 1. The summed E-state index contributed by atoms with van der Waals surface area (Å²) in [6.45, 7) is 5.70. The van der Waals surface area contributed by atoms with E-state index in [0.29, 0.717) is 6.42 Å². The van der Waals surface area contributed by atoms with Gasteiger partial charge in [-0.25, -0.2) is 0 Å². The molecule has 1 N–H and O–H groups in total. The fourth-order valence-electron chi connectivity index (χ4n) is 2.16. The minimum atomic E-state index is -0.809. The number of aryl methyl sites for hydroxylation is 1. The molecule has 19 heavy (non-hydrogen) atoms. The third kappa shape index (κ3) is 2.52. The highest BCUT2D eigenvalue weighted by molar-refractivity contribution is 9.10. The molecule has 0 saturated carbocycles. The Bertz CT molecular complexity index is 544. The number of carbonyl (C=O) groups excluding carboxylic acids is 2. The number of piperazine rings is 1. The van der Waals surface area contributed by atoms with E-state index in [0.717, 1.165) is 15.7 Å². The first-order valence-electron chi connectivity index (χ1n) is 6.26. The number of nitrogens with zero attached hydrogens (tertiary/aromatic N) is 1. The van der Waals surface area contributed by atoms with Gasteiger partial charge in [0.15, 0.2) is 0 Å². The number of rotatable bonds is 2. The molecular formula is C14H17BrN2O2. The Morgan fingerprint density at radius 3 is 2.68 bits per heavy atom. The molecule has 1 fully saturated rings. The van der Waals surface area contributed by atoms with Crippen molar-refractivity contribution in [3.8, 4) is 0 Å². The van der Waals surface area contributed by atoms with Gasteiger partial charge >= 0.3 is 0 Å². The monoisotopic (exact) mass is 324 g/mol. The van der Waals surface area contributed by atoms with Crippen molar-refractivity contribution < 1.29 is 9.59 Å². The van der Waals surface area contributed by atoms with Gasteiger partial charge in [-0.2, -0.15) is 0 Å². The van der Waals surface area contributed by atoms with Gasteiger partial charge in [-0.05, 0) is 44.0 Å². The van der Waals surface area contributed by atoms with E-state index < -0.39 is 5.54 Å². The molecule has 1 aromatic rings. The van der Waals surface area contributed by atoms with Crippen LogP contribution in [0.15, 0.2) is 22.7 Å². The van der Waals surface area contributed by atoms with Crippen LogP contribution in [0.1, 0.15) is 25.8 Å². The summed E-state index contributed by atoms with van der Waals surface area (Å²) in [7, 11) is 0. The number of amides is 2. The molecule has 102 valence electrons. The molecule has 1 atom stereocenters. The van der Waals surface area contributed by atoms with Gasteiger partial charge in [0.25, 0.3) is 5.91 Å². The lowest BCUT2D eigenvalue weighted by Gasteiger charge is -2.39. The zero-order valence-corrected chi connectivity index (χ0v) is 12.9. The van der Waals surface area contributed by atoms with Crippen LogP contribution in [-0.2, 0) is 9.59 Å². The van der Waals surface area contributed by atoms with E-state index in [1.807, 2.05) is 32.0 Å². The summed E-state index contributed by atoms with van der Waals surface area (Å²) in [5.74, 6) is -0.180. The lowest BCUT2D eigenvalue weighted by Crippen LogP contribution is -2.65. The highest BCUT2D eigenvalue weighted by Gasteiger charge is 2.42. The second-order valence-corrected chi connectivity index (χ2v) is 5.91. The summed E-state index contributed by atoms with van der Waals surface area (Å²) in [5, 5.41) is 2.78. The van der Waals surface area contributed by atoms with Crippen molar-refractivity contribution in [1.29, 1.82) is 0 Å².